The number of phenolic OH excluding ortho intramolecular Hbond substituents is 1. The van der Waals surface area contributed by atoms with Gasteiger partial charge in [0.05, 0.1) is 18.8 Å². The highest BCUT2D eigenvalue weighted by atomic mass is 32.2. The van der Waals surface area contributed by atoms with Gasteiger partial charge in [-0.2, -0.15) is 0 Å². The van der Waals surface area contributed by atoms with Crippen molar-refractivity contribution in [2.24, 2.45) is 0 Å². The van der Waals surface area contributed by atoms with Crippen LogP contribution in [0.3, 0.4) is 0 Å². The third-order valence-electron chi connectivity index (χ3n) is 5.83. The van der Waals surface area contributed by atoms with E-state index in [2.05, 4.69) is 23.5 Å². The summed E-state index contributed by atoms with van der Waals surface area (Å²) in [6, 6.07) is 12.1. The van der Waals surface area contributed by atoms with Crippen molar-refractivity contribution in [3.8, 4) is 5.75 Å². The molecule has 2 aliphatic heterocycles. The lowest BCUT2D eigenvalue weighted by Gasteiger charge is -2.44. The van der Waals surface area contributed by atoms with Crippen molar-refractivity contribution in [2.45, 2.75) is 80.6 Å². The van der Waals surface area contributed by atoms with Crippen LogP contribution in [0.25, 0.3) is 0 Å². The number of phenols is 1. The molecule has 6 nitrogen and oxygen atoms in total. The fraction of sp³-hybridized carbons (Fsp3) is 0.500. The largest absolute Gasteiger partial charge is 0.508 e. The smallest absolute Gasteiger partial charge is 0.408 e. The molecule has 2 aromatic carbocycles. The molecule has 2 heterocycles. The molecule has 0 radical (unpaired) electrons. The maximum Gasteiger partial charge on any atom is 0.408 e. The number of hydrogen-bond donors (Lipinski definition) is 2. The van der Waals surface area contributed by atoms with Crippen molar-refractivity contribution in [1.29, 1.82) is 0 Å². The molecule has 178 valence electrons. The van der Waals surface area contributed by atoms with Gasteiger partial charge in [0.15, 0.2) is 5.79 Å². The normalized spacial score (nSPS) is 18.7. The zero-order chi connectivity index (χ0) is 23.9. The van der Waals surface area contributed by atoms with Crippen LogP contribution < -0.4 is 5.32 Å². The summed E-state index contributed by atoms with van der Waals surface area (Å²) in [7, 11) is 0. The van der Waals surface area contributed by atoms with Crippen LogP contribution in [-0.2, 0) is 27.1 Å². The van der Waals surface area contributed by atoms with Crippen LogP contribution in [-0.4, -0.2) is 41.3 Å². The minimum absolute atomic E-state index is 0.303. The molecule has 0 aromatic heterocycles. The minimum Gasteiger partial charge on any atom is -0.508 e. The Balaban J connectivity index is 1.47. The van der Waals surface area contributed by atoms with Crippen molar-refractivity contribution >= 4 is 17.9 Å². The standard InChI is InChI=1S/C26H33NO5S/c1-24(2,3)32-23(29)27-26(15-30-25(4,5)31-16-26)11-10-17-6-7-18-13-19-14-20(28)8-9-21(19)33-22(18)12-17/h6-9,12,14,28H,10-11,13,15-16H2,1-5H3,(H,27,29). The number of alkyl carbamates (subject to hydrolysis) is 1. The third-order valence-corrected chi connectivity index (χ3v) is 7.05. The summed E-state index contributed by atoms with van der Waals surface area (Å²) in [6.07, 6.45) is 1.78. The van der Waals surface area contributed by atoms with Gasteiger partial charge in [-0.1, -0.05) is 23.9 Å². The highest BCUT2D eigenvalue weighted by Gasteiger charge is 2.42. The second kappa shape index (κ2) is 8.85. The van der Waals surface area contributed by atoms with E-state index in [1.54, 1.807) is 17.8 Å². The second-order valence-corrected chi connectivity index (χ2v) is 11.5. The van der Waals surface area contributed by atoms with Gasteiger partial charge in [-0.05, 0) is 94.8 Å². The summed E-state index contributed by atoms with van der Waals surface area (Å²) in [5, 5.41) is 12.8. The number of nitrogens with one attached hydrogen (secondary N) is 1. The molecule has 0 spiro atoms. The Morgan fingerprint density at radius 3 is 2.52 bits per heavy atom. The first kappa shape index (κ1) is 23.9. The number of aromatic hydroxyl groups is 1. The Kier molecular flexibility index (Phi) is 6.42. The quantitative estimate of drug-likeness (QED) is 0.529. The zero-order valence-electron chi connectivity index (χ0n) is 20.0. The van der Waals surface area contributed by atoms with Crippen LogP contribution in [0.4, 0.5) is 4.79 Å². The summed E-state index contributed by atoms with van der Waals surface area (Å²) < 4.78 is 17.3. The van der Waals surface area contributed by atoms with E-state index in [1.165, 1.54) is 20.9 Å². The first-order chi connectivity index (χ1) is 15.4. The molecule has 0 aliphatic carbocycles. The van der Waals surface area contributed by atoms with Crippen LogP contribution in [0.1, 0.15) is 57.7 Å². The van der Waals surface area contributed by atoms with E-state index >= 15 is 0 Å². The topological polar surface area (TPSA) is 77.0 Å². The first-order valence-corrected chi connectivity index (χ1v) is 12.1. The van der Waals surface area contributed by atoms with Crippen LogP contribution in [0.5, 0.6) is 5.75 Å². The van der Waals surface area contributed by atoms with Crippen LogP contribution in [0, 0.1) is 0 Å². The number of aryl methyl sites for hydroxylation is 1. The molecular weight excluding hydrogens is 438 g/mol. The van der Waals surface area contributed by atoms with Gasteiger partial charge in [0.2, 0.25) is 0 Å². The van der Waals surface area contributed by atoms with E-state index < -0.39 is 23.0 Å². The third kappa shape index (κ3) is 6.02. The predicted octanol–water partition coefficient (Wildman–Crippen LogP) is 5.43. The lowest BCUT2D eigenvalue weighted by Crippen LogP contribution is -2.61. The molecule has 2 N–H and O–H groups in total. The fourth-order valence-corrected chi connectivity index (χ4v) is 5.13. The Morgan fingerprint density at radius 2 is 1.82 bits per heavy atom. The number of amides is 1. The van der Waals surface area contributed by atoms with Gasteiger partial charge in [0.25, 0.3) is 0 Å². The number of carbonyl (C=O) groups is 1. The molecule has 33 heavy (non-hydrogen) atoms. The molecular formula is C26H33NO5S. The summed E-state index contributed by atoms with van der Waals surface area (Å²) in [6.45, 7) is 10.0. The molecule has 1 amide bonds. The average Bonchev–Trinajstić information content (AvgIpc) is 2.71. The second-order valence-electron chi connectivity index (χ2n) is 10.4. The van der Waals surface area contributed by atoms with Crippen molar-refractivity contribution in [3.63, 3.8) is 0 Å². The number of ether oxygens (including phenoxy) is 3. The average molecular weight is 472 g/mol. The molecule has 0 unspecified atom stereocenters. The molecule has 1 saturated heterocycles. The predicted molar refractivity (Wildman–Crippen MR) is 128 cm³/mol. The lowest BCUT2D eigenvalue weighted by atomic mass is 9.91. The zero-order valence-corrected chi connectivity index (χ0v) is 20.8. The van der Waals surface area contributed by atoms with E-state index in [-0.39, 0.29) is 0 Å². The number of rotatable bonds is 4. The highest BCUT2D eigenvalue weighted by Crippen LogP contribution is 2.41. The fourth-order valence-electron chi connectivity index (χ4n) is 4.01. The van der Waals surface area contributed by atoms with Gasteiger partial charge in [0.1, 0.15) is 11.4 Å². The van der Waals surface area contributed by atoms with E-state index in [0.717, 1.165) is 18.4 Å². The van der Waals surface area contributed by atoms with Crippen molar-refractivity contribution in [3.05, 3.63) is 53.1 Å². The monoisotopic (exact) mass is 471 g/mol. The molecule has 4 rings (SSSR count). The van der Waals surface area contributed by atoms with Gasteiger partial charge < -0.3 is 24.6 Å². The molecule has 1 fully saturated rings. The Morgan fingerprint density at radius 1 is 1.09 bits per heavy atom. The van der Waals surface area contributed by atoms with E-state index in [4.69, 9.17) is 14.2 Å². The first-order valence-electron chi connectivity index (χ1n) is 11.3. The summed E-state index contributed by atoms with van der Waals surface area (Å²) in [4.78, 5) is 15.0. The van der Waals surface area contributed by atoms with Gasteiger partial charge in [-0.15, -0.1) is 0 Å². The van der Waals surface area contributed by atoms with Crippen molar-refractivity contribution < 1.29 is 24.1 Å². The highest BCUT2D eigenvalue weighted by molar-refractivity contribution is 7.99. The van der Waals surface area contributed by atoms with Gasteiger partial charge >= 0.3 is 6.09 Å². The Bertz CT molecular complexity index is 1030. The maximum absolute atomic E-state index is 12.6. The van der Waals surface area contributed by atoms with Crippen molar-refractivity contribution in [1.82, 2.24) is 5.32 Å². The molecule has 0 saturated carbocycles. The van der Waals surface area contributed by atoms with Crippen molar-refractivity contribution in [2.75, 3.05) is 13.2 Å². The summed E-state index contributed by atoms with van der Waals surface area (Å²) in [5.74, 6) is -0.374. The van der Waals surface area contributed by atoms with Gasteiger partial charge in [0, 0.05) is 9.79 Å². The molecule has 2 aromatic rings. The van der Waals surface area contributed by atoms with E-state index in [0.29, 0.717) is 25.4 Å². The van der Waals surface area contributed by atoms with Gasteiger partial charge in [-0.3, -0.25) is 0 Å². The Labute approximate surface area is 200 Å². The Hall–Kier alpha value is -2.22. The summed E-state index contributed by atoms with van der Waals surface area (Å²) >= 11 is 1.73. The van der Waals surface area contributed by atoms with Gasteiger partial charge in [-0.25, -0.2) is 4.79 Å². The number of fused-ring (bicyclic) bond motifs is 2. The SMILES string of the molecule is CC(C)(C)OC(=O)NC1(CCc2ccc3c(c2)Sc2ccc(O)cc2C3)COC(C)(C)OC1. The minimum atomic E-state index is -0.677. The van der Waals surface area contributed by atoms with E-state index in [1.807, 2.05) is 46.8 Å². The molecule has 7 heteroatoms. The molecule has 0 atom stereocenters. The maximum atomic E-state index is 12.6. The summed E-state index contributed by atoms with van der Waals surface area (Å²) in [5.41, 5.74) is 2.36. The molecule has 2 aliphatic rings. The lowest BCUT2D eigenvalue weighted by molar-refractivity contribution is -0.271. The number of carbonyl (C=O) groups excluding carboxylic acids is 1. The van der Waals surface area contributed by atoms with Crippen LogP contribution in [0.2, 0.25) is 0 Å². The van der Waals surface area contributed by atoms with Crippen LogP contribution >= 0.6 is 11.8 Å². The number of hydrogen-bond acceptors (Lipinski definition) is 6. The van der Waals surface area contributed by atoms with Crippen LogP contribution in [0.15, 0.2) is 46.2 Å². The van der Waals surface area contributed by atoms with E-state index in [9.17, 15) is 9.90 Å². The molecule has 0 bridgehead atoms. The number of benzene rings is 2.